The fourth-order valence-electron chi connectivity index (χ4n) is 3.32. The first-order chi connectivity index (χ1) is 13.2. The van der Waals surface area contributed by atoms with Crippen LogP contribution >= 0.6 is 0 Å². The number of phenols is 2. The van der Waals surface area contributed by atoms with Gasteiger partial charge in [-0.25, -0.2) is 0 Å². The second-order valence-electron chi connectivity index (χ2n) is 7.46. The van der Waals surface area contributed by atoms with Gasteiger partial charge < -0.3 is 10.2 Å². The van der Waals surface area contributed by atoms with Crippen molar-refractivity contribution in [1.29, 1.82) is 0 Å². The smallest absolute Gasteiger partial charge is 0.168 e. The Morgan fingerprint density at radius 3 is 1.89 bits per heavy atom. The highest BCUT2D eigenvalue weighted by molar-refractivity contribution is 5.81. The van der Waals surface area contributed by atoms with E-state index in [4.69, 9.17) is 0 Å². The van der Waals surface area contributed by atoms with Crippen LogP contribution in [0.4, 0.5) is 0 Å². The van der Waals surface area contributed by atoms with Gasteiger partial charge in [0.2, 0.25) is 0 Å². The zero-order valence-corrected chi connectivity index (χ0v) is 17.1. The molecule has 0 spiro atoms. The standard InChI is InChI=1S/C24H38O3/c1-2-3-4-5-6-7-8-9-10-11-12-13-14-15-16-17-21-18-19-22(20-25)24(27)23(21)26/h10-11,18-20,26-27H,2-9,12-17H2,1H3. The Morgan fingerprint density at radius 1 is 0.741 bits per heavy atom. The second-order valence-corrected chi connectivity index (χ2v) is 7.46. The number of carbonyl (C=O) groups is 1. The molecule has 2 N–H and O–H groups in total. The highest BCUT2D eigenvalue weighted by atomic mass is 16.3. The summed E-state index contributed by atoms with van der Waals surface area (Å²) in [6.45, 7) is 2.26. The zero-order chi connectivity index (χ0) is 19.7. The quantitative estimate of drug-likeness (QED) is 0.140. The third-order valence-corrected chi connectivity index (χ3v) is 5.10. The Morgan fingerprint density at radius 2 is 1.30 bits per heavy atom. The number of aldehydes is 1. The van der Waals surface area contributed by atoms with Crippen molar-refractivity contribution < 1.29 is 15.0 Å². The Bertz CT molecular complexity index is 549. The normalized spacial score (nSPS) is 11.3. The third-order valence-electron chi connectivity index (χ3n) is 5.10. The molecule has 0 saturated carbocycles. The first-order valence-corrected chi connectivity index (χ1v) is 10.8. The van der Waals surface area contributed by atoms with Crippen molar-refractivity contribution >= 4 is 6.29 Å². The van der Waals surface area contributed by atoms with Crippen LogP contribution in [0.15, 0.2) is 24.3 Å². The van der Waals surface area contributed by atoms with Gasteiger partial charge >= 0.3 is 0 Å². The van der Waals surface area contributed by atoms with E-state index in [1.54, 1.807) is 12.1 Å². The fraction of sp³-hybridized carbons (Fsp3) is 0.625. The molecule has 0 atom stereocenters. The number of phenolic OH excluding ortho intramolecular Hbond substituents is 2. The van der Waals surface area contributed by atoms with Gasteiger partial charge in [-0.15, -0.1) is 0 Å². The molecule has 0 saturated heterocycles. The molecule has 0 fully saturated rings. The van der Waals surface area contributed by atoms with Crippen LogP contribution < -0.4 is 0 Å². The Labute approximate surface area is 165 Å². The lowest BCUT2D eigenvalue weighted by Gasteiger charge is -2.07. The van der Waals surface area contributed by atoms with Crippen molar-refractivity contribution in [1.82, 2.24) is 0 Å². The summed E-state index contributed by atoms with van der Waals surface area (Å²) in [7, 11) is 0. The molecule has 1 rings (SSSR count). The summed E-state index contributed by atoms with van der Waals surface area (Å²) < 4.78 is 0. The Balaban J connectivity index is 1.99. The summed E-state index contributed by atoms with van der Waals surface area (Å²) in [6.07, 6.45) is 22.4. The van der Waals surface area contributed by atoms with Gasteiger partial charge in [-0.05, 0) is 50.2 Å². The van der Waals surface area contributed by atoms with Crippen molar-refractivity contribution in [3.63, 3.8) is 0 Å². The molecule has 0 unspecified atom stereocenters. The molecule has 152 valence electrons. The van der Waals surface area contributed by atoms with Crippen LogP contribution in [0.3, 0.4) is 0 Å². The van der Waals surface area contributed by atoms with Crippen molar-refractivity contribution in [3.8, 4) is 11.5 Å². The van der Waals surface area contributed by atoms with Gasteiger partial charge in [-0.2, -0.15) is 0 Å². The first-order valence-electron chi connectivity index (χ1n) is 10.8. The van der Waals surface area contributed by atoms with Crippen molar-refractivity contribution in [2.75, 3.05) is 0 Å². The summed E-state index contributed by atoms with van der Waals surface area (Å²) in [5.74, 6) is -0.443. The van der Waals surface area contributed by atoms with E-state index in [-0.39, 0.29) is 17.1 Å². The molecule has 27 heavy (non-hydrogen) atoms. The molecule has 0 aliphatic rings. The molecule has 0 amide bonds. The molecule has 1 aromatic rings. The van der Waals surface area contributed by atoms with Crippen LogP contribution in [0.2, 0.25) is 0 Å². The number of unbranched alkanes of at least 4 members (excludes halogenated alkanes) is 11. The van der Waals surface area contributed by atoms with Gasteiger partial charge in [0.15, 0.2) is 17.8 Å². The van der Waals surface area contributed by atoms with E-state index in [9.17, 15) is 15.0 Å². The van der Waals surface area contributed by atoms with Crippen molar-refractivity contribution in [3.05, 3.63) is 35.4 Å². The van der Waals surface area contributed by atoms with Gasteiger partial charge in [0, 0.05) is 0 Å². The minimum atomic E-state index is -0.298. The fourth-order valence-corrected chi connectivity index (χ4v) is 3.32. The number of benzene rings is 1. The molecule has 3 nitrogen and oxygen atoms in total. The minimum absolute atomic E-state index is 0.138. The van der Waals surface area contributed by atoms with E-state index >= 15 is 0 Å². The lowest BCUT2D eigenvalue weighted by atomic mass is 10.0. The number of aryl methyl sites for hydroxylation is 1. The van der Waals surface area contributed by atoms with Crippen LogP contribution in [0.1, 0.15) is 106 Å². The van der Waals surface area contributed by atoms with E-state index in [2.05, 4.69) is 19.1 Å². The lowest BCUT2D eigenvalue weighted by molar-refractivity contribution is 0.112. The molecule has 0 radical (unpaired) electrons. The Hall–Kier alpha value is -1.77. The van der Waals surface area contributed by atoms with Crippen molar-refractivity contribution in [2.24, 2.45) is 0 Å². The van der Waals surface area contributed by atoms with E-state index in [0.717, 1.165) is 25.7 Å². The molecule has 0 aliphatic heterocycles. The predicted octanol–water partition coefficient (Wildman–Crippen LogP) is 7.10. The van der Waals surface area contributed by atoms with Gasteiger partial charge in [-0.3, -0.25) is 4.79 Å². The van der Waals surface area contributed by atoms with Crippen LogP contribution in [0, 0.1) is 0 Å². The summed E-state index contributed by atoms with van der Waals surface area (Å²) in [6, 6.07) is 3.29. The summed E-state index contributed by atoms with van der Waals surface area (Å²) in [5, 5.41) is 19.6. The molecule has 3 heteroatoms. The van der Waals surface area contributed by atoms with Gasteiger partial charge in [0.1, 0.15) is 0 Å². The maximum absolute atomic E-state index is 10.7. The average Bonchev–Trinajstić information content (AvgIpc) is 2.68. The maximum atomic E-state index is 10.7. The summed E-state index contributed by atoms with van der Waals surface area (Å²) in [4.78, 5) is 10.7. The van der Waals surface area contributed by atoms with Crippen LogP contribution in [0.5, 0.6) is 11.5 Å². The molecule has 1 aromatic carbocycles. The van der Waals surface area contributed by atoms with Crippen LogP contribution in [0.25, 0.3) is 0 Å². The number of hydrogen-bond acceptors (Lipinski definition) is 3. The summed E-state index contributed by atoms with van der Waals surface area (Å²) in [5.41, 5.74) is 0.854. The maximum Gasteiger partial charge on any atom is 0.168 e. The van der Waals surface area contributed by atoms with E-state index in [1.165, 1.54) is 64.2 Å². The van der Waals surface area contributed by atoms with E-state index in [0.29, 0.717) is 11.8 Å². The van der Waals surface area contributed by atoms with Crippen LogP contribution in [-0.2, 0) is 6.42 Å². The number of rotatable bonds is 16. The topological polar surface area (TPSA) is 57.5 Å². The minimum Gasteiger partial charge on any atom is -0.504 e. The SMILES string of the molecule is CCCCCCCCCC=CCCCCCCc1ccc(C=O)c(O)c1O. The average molecular weight is 375 g/mol. The summed E-state index contributed by atoms with van der Waals surface area (Å²) >= 11 is 0. The largest absolute Gasteiger partial charge is 0.504 e. The number of allylic oxidation sites excluding steroid dienone is 2. The van der Waals surface area contributed by atoms with Gasteiger partial charge in [0.05, 0.1) is 5.56 Å². The third kappa shape index (κ3) is 10.2. The molecular weight excluding hydrogens is 336 g/mol. The number of carbonyl (C=O) groups excluding carboxylic acids is 1. The highest BCUT2D eigenvalue weighted by Gasteiger charge is 2.10. The van der Waals surface area contributed by atoms with Gasteiger partial charge in [0.25, 0.3) is 0 Å². The van der Waals surface area contributed by atoms with Crippen molar-refractivity contribution in [2.45, 2.75) is 96.8 Å². The van der Waals surface area contributed by atoms with Crippen LogP contribution in [-0.4, -0.2) is 16.5 Å². The predicted molar refractivity (Wildman–Crippen MR) is 114 cm³/mol. The van der Waals surface area contributed by atoms with E-state index < -0.39 is 0 Å². The van der Waals surface area contributed by atoms with Gasteiger partial charge in [-0.1, -0.05) is 76.5 Å². The first kappa shape index (κ1) is 23.3. The molecular formula is C24H38O3. The molecule has 0 aromatic heterocycles. The lowest BCUT2D eigenvalue weighted by Crippen LogP contribution is -1.90. The Kier molecular flexibility index (Phi) is 13.2. The monoisotopic (exact) mass is 374 g/mol. The zero-order valence-electron chi connectivity index (χ0n) is 17.1. The molecule has 0 aliphatic carbocycles. The molecule has 0 heterocycles. The second kappa shape index (κ2) is 15.3. The number of hydrogen-bond donors (Lipinski definition) is 2. The van der Waals surface area contributed by atoms with E-state index in [1.807, 2.05) is 0 Å². The molecule has 0 bridgehead atoms. The highest BCUT2D eigenvalue weighted by Crippen LogP contribution is 2.32. The number of aromatic hydroxyl groups is 2.